The highest BCUT2D eigenvalue weighted by molar-refractivity contribution is 6.00. The molecule has 5 heteroatoms. The van der Waals surface area contributed by atoms with Gasteiger partial charge in [-0.15, -0.1) is 0 Å². The molecule has 1 aliphatic carbocycles. The molecule has 1 fully saturated rings. The maximum atomic E-state index is 12.0. The number of carbonyl (C=O) groups is 2. The molecule has 4 rings (SSSR count). The molecule has 1 heterocycles. The van der Waals surface area contributed by atoms with E-state index in [0.717, 1.165) is 16.7 Å². The second-order valence-electron chi connectivity index (χ2n) is 7.36. The molecule has 5 nitrogen and oxygen atoms in total. The molecule has 0 aromatic heterocycles. The third-order valence-electron chi connectivity index (χ3n) is 4.83. The number of carbonyl (C=O) groups excluding carboxylic acids is 2. The summed E-state index contributed by atoms with van der Waals surface area (Å²) in [6.07, 6.45) is 5.87. The van der Waals surface area contributed by atoms with Crippen molar-refractivity contribution >= 4 is 11.8 Å². The van der Waals surface area contributed by atoms with Crippen molar-refractivity contribution in [2.45, 2.75) is 31.8 Å². The van der Waals surface area contributed by atoms with Crippen LogP contribution >= 0.6 is 0 Å². The summed E-state index contributed by atoms with van der Waals surface area (Å²) in [5.74, 6) is -1.33. The molecular weight excluding hydrogens is 368 g/mol. The summed E-state index contributed by atoms with van der Waals surface area (Å²) >= 11 is 0. The first kappa shape index (κ1) is 19.3. The van der Waals surface area contributed by atoms with Crippen molar-refractivity contribution in [3.63, 3.8) is 0 Å². The number of ketones is 1. The van der Waals surface area contributed by atoms with Crippen molar-refractivity contribution < 1.29 is 23.8 Å². The number of hydrogen-bond acceptors (Lipinski definition) is 5. The minimum Gasteiger partial charge on any atom is -0.459 e. The van der Waals surface area contributed by atoms with Crippen LogP contribution in [-0.2, 0) is 19.0 Å². The van der Waals surface area contributed by atoms with Gasteiger partial charge in [0, 0.05) is 0 Å². The average Bonchev–Trinajstić information content (AvgIpc) is 3.14. The van der Waals surface area contributed by atoms with Crippen molar-refractivity contribution in [1.29, 1.82) is 0 Å². The van der Waals surface area contributed by atoms with Gasteiger partial charge in [0.2, 0.25) is 5.79 Å². The summed E-state index contributed by atoms with van der Waals surface area (Å²) in [5.41, 5.74) is 3.58. The van der Waals surface area contributed by atoms with Crippen molar-refractivity contribution in [1.82, 2.24) is 0 Å². The quantitative estimate of drug-likeness (QED) is 0.724. The summed E-state index contributed by atoms with van der Waals surface area (Å²) in [4.78, 5) is 23.3. The predicted molar refractivity (Wildman–Crippen MR) is 108 cm³/mol. The van der Waals surface area contributed by atoms with Gasteiger partial charge in [0.1, 0.15) is 6.10 Å². The van der Waals surface area contributed by atoms with Gasteiger partial charge in [-0.3, -0.25) is 4.79 Å². The molecule has 0 radical (unpaired) electrons. The van der Waals surface area contributed by atoms with E-state index in [1.165, 1.54) is 12.2 Å². The first-order valence-electron chi connectivity index (χ1n) is 9.60. The minimum atomic E-state index is -0.947. The van der Waals surface area contributed by atoms with E-state index in [0.29, 0.717) is 12.2 Å². The maximum absolute atomic E-state index is 12.0. The average molecular weight is 390 g/mol. The zero-order valence-corrected chi connectivity index (χ0v) is 16.3. The maximum Gasteiger partial charge on any atom is 0.338 e. The lowest BCUT2D eigenvalue weighted by atomic mass is 10.0. The Morgan fingerprint density at radius 1 is 1.00 bits per heavy atom. The third kappa shape index (κ3) is 4.21. The molecule has 1 saturated heterocycles. The largest absolute Gasteiger partial charge is 0.459 e. The Bertz CT molecular complexity index is 951. The number of ether oxygens (including phenoxy) is 3. The molecule has 1 unspecified atom stereocenters. The summed E-state index contributed by atoms with van der Waals surface area (Å²) in [6.45, 7) is 4.07. The SMILES string of the molecule is CC(C)OC(=O)c1ccc(-c2ccc(C3COC4(C=CC(=O)C=C4)O3)cc2)cc1. The monoisotopic (exact) mass is 390 g/mol. The minimum absolute atomic E-state index is 0.0703. The number of benzene rings is 2. The van der Waals surface area contributed by atoms with Crippen LogP contribution in [0.2, 0.25) is 0 Å². The Kier molecular flexibility index (Phi) is 5.18. The van der Waals surface area contributed by atoms with Crippen molar-refractivity contribution in [2.75, 3.05) is 6.61 Å². The Balaban J connectivity index is 1.45. The van der Waals surface area contributed by atoms with E-state index in [1.54, 1.807) is 24.3 Å². The van der Waals surface area contributed by atoms with Crippen molar-refractivity contribution in [2.24, 2.45) is 0 Å². The molecule has 148 valence electrons. The molecule has 0 bridgehead atoms. The van der Waals surface area contributed by atoms with Crippen LogP contribution in [0.5, 0.6) is 0 Å². The van der Waals surface area contributed by atoms with Crippen LogP contribution in [-0.4, -0.2) is 30.3 Å². The van der Waals surface area contributed by atoms with Gasteiger partial charge < -0.3 is 14.2 Å². The van der Waals surface area contributed by atoms with Gasteiger partial charge in [0.15, 0.2) is 5.78 Å². The molecule has 2 aliphatic rings. The van der Waals surface area contributed by atoms with E-state index in [1.807, 2.05) is 50.2 Å². The van der Waals surface area contributed by atoms with Crippen LogP contribution in [0.25, 0.3) is 11.1 Å². The van der Waals surface area contributed by atoms with Gasteiger partial charge >= 0.3 is 5.97 Å². The van der Waals surface area contributed by atoms with Gasteiger partial charge in [-0.25, -0.2) is 4.79 Å². The van der Waals surface area contributed by atoms with Crippen LogP contribution in [0.4, 0.5) is 0 Å². The van der Waals surface area contributed by atoms with Crippen LogP contribution in [0.1, 0.15) is 35.9 Å². The second-order valence-corrected chi connectivity index (χ2v) is 7.36. The Morgan fingerprint density at radius 3 is 2.17 bits per heavy atom. The number of allylic oxidation sites excluding steroid dienone is 2. The van der Waals surface area contributed by atoms with Gasteiger partial charge in [-0.05, 0) is 67.0 Å². The Hall–Kier alpha value is -3.02. The Labute approximate surface area is 169 Å². The van der Waals surface area contributed by atoms with Gasteiger partial charge in [0.05, 0.1) is 18.3 Å². The molecule has 1 spiro atoms. The summed E-state index contributed by atoms with van der Waals surface area (Å²) in [6, 6.07) is 15.4. The molecule has 0 amide bonds. The van der Waals surface area contributed by atoms with E-state index in [9.17, 15) is 9.59 Å². The summed E-state index contributed by atoms with van der Waals surface area (Å²) in [7, 11) is 0. The number of hydrogen-bond donors (Lipinski definition) is 0. The first-order chi connectivity index (χ1) is 13.9. The zero-order chi connectivity index (χ0) is 20.4. The van der Waals surface area contributed by atoms with Crippen LogP contribution in [0, 0.1) is 0 Å². The lowest BCUT2D eigenvalue weighted by molar-refractivity contribution is -0.113. The van der Waals surface area contributed by atoms with E-state index in [2.05, 4.69) is 0 Å². The lowest BCUT2D eigenvalue weighted by Crippen LogP contribution is -2.27. The van der Waals surface area contributed by atoms with Gasteiger partial charge in [-0.2, -0.15) is 0 Å². The number of esters is 1. The van der Waals surface area contributed by atoms with E-state index < -0.39 is 5.79 Å². The molecule has 2 aromatic carbocycles. The molecule has 0 saturated carbocycles. The summed E-state index contributed by atoms with van der Waals surface area (Å²) < 4.78 is 17.0. The fourth-order valence-electron chi connectivity index (χ4n) is 3.31. The Morgan fingerprint density at radius 2 is 1.59 bits per heavy atom. The molecule has 1 aliphatic heterocycles. The molecule has 0 N–H and O–H groups in total. The van der Waals surface area contributed by atoms with Crippen LogP contribution < -0.4 is 0 Å². The highest BCUT2D eigenvalue weighted by Gasteiger charge is 2.39. The zero-order valence-electron chi connectivity index (χ0n) is 16.3. The van der Waals surface area contributed by atoms with E-state index in [-0.39, 0.29) is 24.0 Å². The topological polar surface area (TPSA) is 61.8 Å². The van der Waals surface area contributed by atoms with Crippen molar-refractivity contribution in [3.05, 3.63) is 84.0 Å². The highest BCUT2D eigenvalue weighted by atomic mass is 16.7. The summed E-state index contributed by atoms with van der Waals surface area (Å²) in [5, 5.41) is 0. The van der Waals surface area contributed by atoms with Gasteiger partial charge in [0.25, 0.3) is 0 Å². The predicted octanol–water partition coefficient (Wildman–Crippen LogP) is 4.40. The van der Waals surface area contributed by atoms with Crippen LogP contribution in [0.15, 0.2) is 72.8 Å². The van der Waals surface area contributed by atoms with E-state index in [4.69, 9.17) is 14.2 Å². The van der Waals surface area contributed by atoms with Gasteiger partial charge in [-0.1, -0.05) is 36.4 Å². The fraction of sp³-hybridized carbons (Fsp3) is 0.250. The standard InChI is InChI=1S/C24H22O5/c1-16(2)28-23(26)20-9-5-18(6-10-20)17-3-7-19(8-4-17)22-15-27-24(29-22)13-11-21(25)12-14-24/h3-14,16,22H,15H2,1-2H3. The van der Waals surface area contributed by atoms with Crippen LogP contribution in [0.3, 0.4) is 0 Å². The third-order valence-corrected chi connectivity index (χ3v) is 4.83. The number of rotatable bonds is 4. The molecule has 29 heavy (non-hydrogen) atoms. The fourth-order valence-corrected chi connectivity index (χ4v) is 3.31. The van der Waals surface area contributed by atoms with E-state index >= 15 is 0 Å². The molecule has 1 atom stereocenters. The smallest absolute Gasteiger partial charge is 0.338 e. The normalized spacial score (nSPS) is 19.8. The molecular formula is C24H22O5. The second kappa shape index (κ2) is 7.78. The lowest BCUT2D eigenvalue weighted by Gasteiger charge is -2.22. The first-order valence-corrected chi connectivity index (χ1v) is 9.60. The van der Waals surface area contributed by atoms with Crippen molar-refractivity contribution in [3.8, 4) is 11.1 Å². The molecule has 2 aromatic rings. The highest BCUT2D eigenvalue weighted by Crippen LogP contribution is 2.37.